The van der Waals surface area contributed by atoms with Crippen molar-refractivity contribution < 1.29 is 0 Å². The summed E-state index contributed by atoms with van der Waals surface area (Å²) in [7, 11) is 0. The van der Waals surface area contributed by atoms with Crippen molar-refractivity contribution in [2.45, 2.75) is 13.5 Å². The van der Waals surface area contributed by atoms with Crippen molar-refractivity contribution in [2.75, 3.05) is 0 Å². The predicted molar refractivity (Wildman–Crippen MR) is 73.6 cm³/mol. The first-order chi connectivity index (χ1) is 8.16. The molecule has 2 rings (SSSR count). The lowest BCUT2D eigenvalue weighted by atomic mass is 10.1. The van der Waals surface area contributed by atoms with Gasteiger partial charge in [0.25, 0.3) is 0 Å². The Kier molecular flexibility index (Phi) is 3.54. The summed E-state index contributed by atoms with van der Waals surface area (Å²) >= 11 is 4.95. The fraction of sp³-hybridized carbons (Fsp3) is 0.231. The number of benzene rings is 1. The fourth-order valence-corrected chi connectivity index (χ4v) is 1.69. The lowest BCUT2D eigenvalue weighted by Gasteiger charge is -2.08. The Morgan fingerprint density at radius 3 is 2.71 bits per heavy atom. The molecule has 1 unspecified atom stereocenters. The average molecular weight is 245 g/mol. The van der Waals surface area contributed by atoms with Gasteiger partial charge in [-0.25, -0.2) is 0 Å². The topological polar surface area (TPSA) is 43.8 Å². The standard InChI is InChI=1S/C13H15N3S/c1-10(13(14)17)8-16-9-12(7-15-16)11-5-3-2-4-6-11/h2-7,9-10H,8H2,1H3,(H2,14,17). The van der Waals surface area contributed by atoms with Crippen LogP contribution in [-0.2, 0) is 6.54 Å². The Bertz CT molecular complexity index is 504. The van der Waals surface area contributed by atoms with Crippen LogP contribution in [-0.4, -0.2) is 14.8 Å². The molecule has 0 bridgehead atoms. The van der Waals surface area contributed by atoms with Gasteiger partial charge in [0.1, 0.15) is 0 Å². The molecule has 1 aromatic heterocycles. The summed E-state index contributed by atoms with van der Waals surface area (Å²) in [5, 5.41) is 4.32. The lowest BCUT2D eigenvalue weighted by Crippen LogP contribution is -2.23. The third-order valence-corrected chi connectivity index (χ3v) is 3.09. The number of aromatic nitrogens is 2. The monoisotopic (exact) mass is 245 g/mol. The first-order valence-corrected chi connectivity index (χ1v) is 5.95. The van der Waals surface area contributed by atoms with E-state index in [4.69, 9.17) is 18.0 Å². The van der Waals surface area contributed by atoms with Crippen LogP contribution in [0.1, 0.15) is 6.92 Å². The number of rotatable bonds is 4. The zero-order chi connectivity index (χ0) is 12.3. The smallest absolute Gasteiger partial charge is 0.0774 e. The Labute approximate surface area is 106 Å². The Morgan fingerprint density at radius 1 is 1.35 bits per heavy atom. The second-order valence-corrected chi connectivity index (χ2v) is 4.59. The van der Waals surface area contributed by atoms with Crippen molar-refractivity contribution in [1.82, 2.24) is 9.78 Å². The second kappa shape index (κ2) is 5.10. The molecule has 1 atom stereocenters. The number of nitrogens with zero attached hydrogens (tertiary/aromatic N) is 2. The summed E-state index contributed by atoms with van der Waals surface area (Å²) in [5.41, 5.74) is 7.87. The molecular weight excluding hydrogens is 230 g/mol. The maximum Gasteiger partial charge on any atom is 0.0774 e. The van der Waals surface area contributed by atoms with Gasteiger partial charge in [-0.1, -0.05) is 49.5 Å². The number of hydrogen-bond donors (Lipinski definition) is 1. The molecule has 88 valence electrons. The van der Waals surface area contributed by atoms with Crippen molar-refractivity contribution >= 4 is 17.2 Å². The van der Waals surface area contributed by atoms with Crippen molar-refractivity contribution in [2.24, 2.45) is 11.7 Å². The number of nitrogens with two attached hydrogens (primary N) is 1. The minimum atomic E-state index is 0.161. The molecule has 17 heavy (non-hydrogen) atoms. The van der Waals surface area contributed by atoms with E-state index < -0.39 is 0 Å². The number of hydrogen-bond acceptors (Lipinski definition) is 2. The zero-order valence-corrected chi connectivity index (χ0v) is 10.5. The fourth-order valence-electron chi connectivity index (χ4n) is 1.61. The average Bonchev–Trinajstić information content (AvgIpc) is 2.78. The molecule has 0 aliphatic carbocycles. The highest BCUT2D eigenvalue weighted by atomic mass is 32.1. The van der Waals surface area contributed by atoms with E-state index >= 15 is 0 Å². The second-order valence-electron chi connectivity index (χ2n) is 4.12. The number of thiocarbonyl (C=S) groups is 1. The minimum absolute atomic E-state index is 0.161. The summed E-state index contributed by atoms with van der Waals surface area (Å²) in [5.74, 6) is 0.161. The van der Waals surface area contributed by atoms with Gasteiger partial charge in [-0.2, -0.15) is 5.10 Å². The summed E-state index contributed by atoms with van der Waals surface area (Å²) in [6.45, 7) is 2.73. The van der Waals surface area contributed by atoms with Crippen molar-refractivity contribution in [3.63, 3.8) is 0 Å². The van der Waals surface area contributed by atoms with E-state index in [1.807, 2.05) is 42.2 Å². The van der Waals surface area contributed by atoms with E-state index in [0.29, 0.717) is 4.99 Å². The summed E-state index contributed by atoms with van der Waals surface area (Å²) in [6, 6.07) is 10.2. The zero-order valence-electron chi connectivity index (χ0n) is 9.71. The highest BCUT2D eigenvalue weighted by Gasteiger charge is 2.07. The molecule has 2 N–H and O–H groups in total. The quantitative estimate of drug-likeness (QED) is 0.842. The van der Waals surface area contributed by atoms with Gasteiger partial charge in [-0.05, 0) is 5.56 Å². The molecule has 0 fully saturated rings. The van der Waals surface area contributed by atoms with Crippen LogP contribution in [0.2, 0.25) is 0 Å². The maximum atomic E-state index is 5.59. The van der Waals surface area contributed by atoms with E-state index in [0.717, 1.165) is 12.1 Å². The Hall–Kier alpha value is -1.68. The van der Waals surface area contributed by atoms with Gasteiger partial charge in [0.15, 0.2) is 0 Å². The van der Waals surface area contributed by atoms with Crippen molar-refractivity contribution in [3.8, 4) is 11.1 Å². The Morgan fingerprint density at radius 2 is 2.06 bits per heavy atom. The van der Waals surface area contributed by atoms with E-state index in [1.54, 1.807) is 0 Å². The van der Waals surface area contributed by atoms with Crippen LogP contribution < -0.4 is 5.73 Å². The van der Waals surface area contributed by atoms with Crippen LogP contribution in [0.15, 0.2) is 42.7 Å². The third-order valence-electron chi connectivity index (χ3n) is 2.69. The molecule has 0 aliphatic rings. The molecule has 1 aromatic carbocycles. The highest BCUT2D eigenvalue weighted by Crippen LogP contribution is 2.17. The van der Waals surface area contributed by atoms with Gasteiger partial charge in [-0.15, -0.1) is 0 Å². The molecule has 0 radical (unpaired) electrons. The summed E-state index contributed by atoms with van der Waals surface area (Å²) in [4.78, 5) is 0.529. The van der Waals surface area contributed by atoms with Crippen LogP contribution in [0.5, 0.6) is 0 Å². The predicted octanol–water partition coefficient (Wildman–Crippen LogP) is 2.47. The molecular formula is C13H15N3S. The first-order valence-electron chi connectivity index (χ1n) is 5.54. The third kappa shape index (κ3) is 2.91. The SMILES string of the molecule is CC(Cn1cc(-c2ccccc2)cn1)C(N)=S. The van der Waals surface area contributed by atoms with Gasteiger partial charge in [0.2, 0.25) is 0 Å². The van der Waals surface area contributed by atoms with Crippen LogP contribution >= 0.6 is 12.2 Å². The lowest BCUT2D eigenvalue weighted by molar-refractivity contribution is 0.543. The summed E-state index contributed by atoms with van der Waals surface area (Å²) < 4.78 is 1.88. The molecule has 0 spiro atoms. The molecule has 1 heterocycles. The Balaban J connectivity index is 2.14. The normalized spacial score (nSPS) is 12.3. The van der Waals surface area contributed by atoms with Gasteiger partial charge >= 0.3 is 0 Å². The molecule has 0 amide bonds. The van der Waals surface area contributed by atoms with Gasteiger partial charge in [0, 0.05) is 24.2 Å². The molecule has 2 aromatic rings. The van der Waals surface area contributed by atoms with Crippen LogP contribution in [0, 0.1) is 5.92 Å². The minimum Gasteiger partial charge on any atom is -0.393 e. The van der Waals surface area contributed by atoms with E-state index in [-0.39, 0.29) is 5.92 Å². The molecule has 0 aliphatic heterocycles. The van der Waals surface area contributed by atoms with Gasteiger partial charge < -0.3 is 5.73 Å². The van der Waals surface area contributed by atoms with Crippen LogP contribution in [0.3, 0.4) is 0 Å². The molecule has 0 saturated heterocycles. The van der Waals surface area contributed by atoms with Crippen molar-refractivity contribution in [3.05, 3.63) is 42.7 Å². The maximum absolute atomic E-state index is 5.59. The van der Waals surface area contributed by atoms with Crippen LogP contribution in [0.25, 0.3) is 11.1 Å². The van der Waals surface area contributed by atoms with E-state index in [2.05, 4.69) is 17.2 Å². The van der Waals surface area contributed by atoms with E-state index in [1.165, 1.54) is 5.56 Å². The van der Waals surface area contributed by atoms with E-state index in [9.17, 15) is 0 Å². The largest absolute Gasteiger partial charge is 0.393 e. The van der Waals surface area contributed by atoms with Gasteiger partial charge in [-0.3, -0.25) is 4.68 Å². The highest BCUT2D eigenvalue weighted by molar-refractivity contribution is 7.80. The van der Waals surface area contributed by atoms with Crippen LogP contribution in [0.4, 0.5) is 0 Å². The van der Waals surface area contributed by atoms with Gasteiger partial charge in [0.05, 0.1) is 11.2 Å². The molecule has 0 saturated carbocycles. The molecule has 3 nitrogen and oxygen atoms in total. The first kappa shape index (κ1) is 11.8. The molecule has 4 heteroatoms. The van der Waals surface area contributed by atoms with Crippen molar-refractivity contribution in [1.29, 1.82) is 0 Å². The summed E-state index contributed by atoms with van der Waals surface area (Å²) in [6.07, 6.45) is 3.88.